The number of nitrogens with zero attached hydrogens (tertiary/aromatic N) is 3. The fourth-order valence-electron chi connectivity index (χ4n) is 2.36. The van der Waals surface area contributed by atoms with E-state index in [0.717, 1.165) is 31.6 Å². The normalized spacial score (nSPS) is 22.5. The Morgan fingerprint density at radius 1 is 1.65 bits per heavy atom. The van der Waals surface area contributed by atoms with E-state index in [0.29, 0.717) is 5.92 Å². The van der Waals surface area contributed by atoms with Crippen molar-refractivity contribution in [1.29, 1.82) is 0 Å². The van der Waals surface area contributed by atoms with Gasteiger partial charge in [0.25, 0.3) is 0 Å². The van der Waals surface area contributed by atoms with E-state index < -0.39 is 6.04 Å². The molecule has 1 aliphatic heterocycles. The lowest BCUT2D eigenvalue weighted by Gasteiger charge is -2.33. The van der Waals surface area contributed by atoms with Gasteiger partial charge in [0, 0.05) is 32.3 Å². The summed E-state index contributed by atoms with van der Waals surface area (Å²) in [6.07, 6.45) is 4.07. The predicted molar refractivity (Wildman–Crippen MR) is 65.4 cm³/mol. The highest BCUT2D eigenvalue weighted by molar-refractivity contribution is 5.81. The number of rotatable bonds is 2. The first kappa shape index (κ1) is 12.1. The number of aryl methyl sites for hydroxylation is 1. The van der Waals surface area contributed by atoms with E-state index in [1.807, 2.05) is 28.9 Å². The Kier molecular flexibility index (Phi) is 3.47. The summed E-state index contributed by atoms with van der Waals surface area (Å²) < 4.78 is 1.81. The molecule has 1 saturated heterocycles. The Morgan fingerprint density at radius 3 is 3.00 bits per heavy atom. The standard InChI is InChI=1S/C12H20N4O/c1-9(13)12(17)16-6-3-4-10(8-16)11-5-7-15(2)14-11/h5,7,9-10H,3-4,6,8,13H2,1-2H3/t9-,10+/m0/s1. The molecule has 0 unspecified atom stereocenters. The summed E-state index contributed by atoms with van der Waals surface area (Å²) in [5.41, 5.74) is 6.72. The third-order valence-corrected chi connectivity index (χ3v) is 3.28. The van der Waals surface area contributed by atoms with Crippen LogP contribution in [0.3, 0.4) is 0 Å². The second-order valence-corrected chi connectivity index (χ2v) is 4.83. The molecule has 2 rings (SSSR count). The van der Waals surface area contributed by atoms with Crippen LogP contribution in [0.15, 0.2) is 12.3 Å². The summed E-state index contributed by atoms with van der Waals surface area (Å²) in [4.78, 5) is 13.7. The minimum absolute atomic E-state index is 0.0469. The number of aromatic nitrogens is 2. The molecule has 1 aliphatic rings. The minimum atomic E-state index is -0.405. The van der Waals surface area contributed by atoms with Crippen molar-refractivity contribution in [3.8, 4) is 0 Å². The van der Waals surface area contributed by atoms with Gasteiger partial charge in [0.2, 0.25) is 5.91 Å². The quantitative estimate of drug-likeness (QED) is 0.812. The molecular formula is C12H20N4O. The van der Waals surface area contributed by atoms with E-state index in [1.165, 1.54) is 0 Å². The van der Waals surface area contributed by atoms with Gasteiger partial charge in [0.1, 0.15) is 0 Å². The van der Waals surface area contributed by atoms with Gasteiger partial charge in [-0.25, -0.2) is 0 Å². The Morgan fingerprint density at radius 2 is 2.41 bits per heavy atom. The second kappa shape index (κ2) is 4.87. The van der Waals surface area contributed by atoms with Gasteiger partial charge in [0.15, 0.2) is 0 Å². The second-order valence-electron chi connectivity index (χ2n) is 4.83. The van der Waals surface area contributed by atoms with Crippen molar-refractivity contribution in [2.45, 2.75) is 31.7 Å². The zero-order chi connectivity index (χ0) is 12.4. The van der Waals surface area contributed by atoms with Crippen LogP contribution in [0.2, 0.25) is 0 Å². The summed E-state index contributed by atoms with van der Waals surface area (Å²) in [6.45, 7) is 3.31. The Bertz CT molecular complexity index is 399. The molecule has 1 aromatic rings. The van der Waals surface area contributed by atoms with Gasteiger partial charge in [-0.2, -0.15) is 5.10 Å². The number of nitrogens with two attached hydrogens (primary N) is 1. The van der Waals surface area contributed by atoms with Crippen molar-refractivity contribution < 1.29 is 4.79 Å². The summed E-state index contributed by atoms with van der Waals surface area (Å²) in [5, 5.41) is 4.42. The molecule has 1 aromatic heterocycles. The van der Waals surface area contributed by atoms with Crippen LogP contribution in [0.1, 0.15) is 31.4 Å². The summed E-state index contributed by atoms with van der Waals surface area (Å²) in [7, 11) is 1.91. The van der Waals surface area contributed by atoms with Crippen LogP contribution in [0.5, 0.6) is 0 Å². The molecule has 17 heavy (non-hydrogen) atoms. The van der Waals surface area contributed by atoms with Gasteiger partial charge in [-0.15, -0.1) is 0 Å². The van der Waals surface area contributed by atoms with E-state index in [1.54, 1.807) is 6.92 Å². The van der Waals surface area contributed by atoms with Gasteiger partial charge in [-0.1, -0.05) is 0 Å². The minimum Gasteiger partial charge on any atom is -0.341 e. The molecule has 0 aliphatic carbocycles. The molecule has 2 atom stereocenters. The molecule has 5 heteroatoms. The van der Waals surface area contributed by atoms with Gasteiger partial charge in [-0.3, -0.25) is 9.48 Å². The summed E-state index contributed by atoms with van der Waals surface area (Å²) in [6, 6.07) is 1.63. The SMILES string of the molecule is C[C@H](N)C(=O)N1CCC[C@@H](c2ccn(C)n2)C1. The Hall–Kier alpha value is -1.36. The average molecular weight is 236 g/mol. The number of amides is 1. The Labute approximate surface area is 102 Å². The molecule has 5 nitrogen and oxygen atoms in total. The fraction of sp³-hybridized carbons (Fsp3) is 0.667. The first-order valence-corrected chi connectivity index (χ1v) is 6.12. The van der Waals surface area contributed by atoms with Crippen LogP contribution in [0, 0.1) is 0 Å². The monoisotopic (exact) mass is 236 g/mol. The van der Waals surface area contributed by atoms with Crippen molar-refractivity contribution in [3.05, 3.63) is 18.0 Å². The van der Waals surface area contributed by atoms with Crippen molar-refractivity contribution in [3.63, 3.8) is 0 Å². The van der Waals surface area contributed by atoms with Crippen molar-refractivity contribution >= 4 is 5.91 Å². The first-order chi connectivity index (χ1) is 8.08. The molecule has 0 aromatic carbocycles. The third kappa shape index (κ3) is 2.66. The smallest absolute Gasteiger partial charge is 0.239 e. The van der Waals surface area contributed by atoms with Crippen LogP contribution in [0.25, 0.3) is 0 Å². The lowest BCUT2D eigenvalue weighted by atomic mass is 9.94. The van der Waals surface area contributed by atoms with E-state index in [9.17, 15) is 4.79 Å². The van der Waals surface area contributed by atoms with Gasteiger partial charge in [-0.05, 0) is 25.8 Å². The molecular weight excluding hydrogens is 216 g/mol. The number of carbonyl (C=O) groups excluding carboxylic acids is 1. The highest BCUT2D eigenvalue weighted by atomic mass is 16.2. The highest BCUT2D eigenvalue weighted by Gasteiger charge is 2.27. The number of hydrogen-bond acceptors (Lipinski definition) is 3. The molecule has 1 amide bonds. The number of piperidine rings is 1. The lowest BCUT2D eigenvalue weighted by molar-refractivity contribution is -0.133. The molecule has 2 N–H and O–H groups in total. The largest absolute Gasteiger partial charge is 0.341 e. The third-order valence-electron chi connectivity index (χ3n) is 3.28. The topological polar surface area (TPSA) is 64.2 Å². The van der Waals surface area contributed by atoms with Crippen LogP contribution >= 0.6 is 0 Å². The highest BCUT2D eigenvalue weighted by Crippen LogP contribution is 2.25. The van der Waals surface area contributed by atoms with Crippen LogP contribution in [0.4, 0.5) is 0 Å². The first-order valence-electron chi connectivity index (χ1n) is 6.12. The van der Waals surface area contributed by atoms with Gasteiger partial charge < -0.3 is 10.6 Å². The number of likely N-dealkylation sites (tertiary alicyclic amines) is 1. The molecule has 1 fully saturated rings. The number of carbonyl (C=O) groups is 1. The molecule has 0 spiro atoms. The zero-order valence-electron chi connectivity index (χ0n) is 10.5. The van der Waals surface area contributed by atoms with Crippen LogP contribution in [-0.2, 0) is 11.8 Å². The average Bonchev–Trinajstić information content (AvgIpc) is 2.75. The van der Waals surface area contributed by atoms with Gasteiger partial charge in [0.05, 0.1) is 11.7 Å². The predicted octanol–water partition coefficient (Wildman–Crippen LogP) is 0.473. The molecule has 0 bridgehead atoms. The van der Waals surface area contributed by atoms with E-state index in [-0.39, 0.29) is 5.91 Å². The van der Waals surface area contributed by atoms with E-state index in [4.69, 9.17) is 5.73 Å². The maximum absolute atomic E-state index is 11.9. The summed E-state index contributed by atoms with van der Waals surface area (Å²) >= 11 is 0. The van der Waals surface area contributed by atoms with Gasteiger partial charge >= 0.3 is 0 Å². The van der Waals surface area contributed by atoms with E-state index >= 15 is 0 Å². The van der Waals surface area contributed by atoms with Crippen molar-refractivity contribution in [1.82, 2.24) is 14.7 Å². The Balaban J connectivity index is 2.04. The molecule has 0 saturated carbocycles. The van der Waals surface area contributed by atoms with Crippen LogP contribution in [-0.4, -0.2) is 39.7 Å². The maximum atomic E-state index is 11.9. The fourth-order valence-corrected chi connectivity index (χ4v) is 2.36. The molecule has 94 valence electrons. The molecule has 2 heterocycles. The number of hydrogen-bond donors (Lipinski definition) is 1. The lowest BCUT2D eigenvalue weighted by Crippen LogP contribution is -2.46. The van der Waals surface area contributed by atoms with Crippen molar-refractivity contribution in [2.75, 3.05) is 13.1 Å². The van der Waals surface area contributed by atoms with E-state index in [2.05, 4.69) is 5.10 Å². The van der Waals surface area contributed by atoms with Crippen LogP contribution < -0.4 is 5.73 Å². The zero-order valence-corrected chi connectivity index (χ0v) is 10.5. The molecule has 0 radical (unpaired) electrons. The summed E-state index contributed by atoms with van der Waals surface area (Å²) in [5.74, 6) is 0.401. The maximum Gasteiger partial charge on any atom is 0.239 e. The van der Waals surface area contributed by atoms with Crippen molar-refractivity contribution in [2.24, 2.45) is 12.8 Å².